The molecule has 1 fully saturated rings. The number of anilines is 1. The van der Waals surface area contributed by atoms with E-state index in [9.17, 15) is 9.59 Å². The summed E-state index contributed by atoms with van der Waals surface area (Å²) in [6.07, 6.45) is 5.84. The summed E-state index contributed by atoms with van der Waals surface area (Å²) in [5, 5.41) is 0. The van der Waals surface area contributed by atoms with Crippen LogP contribution in [0.1, 0.15) is 58.1 Å². The van der Waals surface area contributed by atoms with Gasteiger partial charge in [0, 0.05) is 68.2 Å². The topological polar surface area (TPSA) is 87.1 Å². The maximum atomic E-state index is 12.0. The van der Waals surface area contributed by atoms with Crippen molar-refractivity contribution >= 4 is 5.82 Å². The predicted octanol–water partition coefficient (Wildman–Crippen LogP) is 2.65. The third-order valence-electron chi connectivity index (χ3n) is 5.95. The summed E-state index contributed by atoms with van der Waals surface area (Å²) in [5.41, 5.74) is 2.00. The molecule has 1 N–H and O–H groups in total. The van der Waals surface area contributed by atoms with E-state index in [4.69, 9.17) is 9.97 Å². The van der Waals surface area contributed by atoms with Gasteiger partial charge in [-0.05, 0) is 20.3 Å². The highest BCUT2D eigenvalue weighted by Gasteiger charge is 2.23. The van der Waals surface area contributed by atoms with Gasteiger partial charge < -0.3 is 4.90 Å². The summed E-state index contributed by atoms with van der Waals surface area (Å²) >= 11 is 0. The van der Waals surface area contributed by atoms with Crippen LogP contribution in [0.3, 0.4) is 0 Å². The van der Waals surface area contributed by atoms with Crippen LogP contribution in [-0.4, -0.2) is 57.1 Å². The molecule has 0 radical (unpaired) electrons. The number of aromatic nitrogens is 4. The van der Waals surface area contributed by atoms with Crippen molar-refractivity contribution in [3.63, 3.8) is 0 Å². The molecule has 33 heavy (non-hydrogen) atoms. The third kappa shape index (κ3) is 6.63. The minimum Gasteiger partial charge on any atom is -0.354 e. The number of piperazine rings is 1. The second kappa shape index (κ2) is 10.5. The van der Waals surface area contributed by atoms with Crippen molar-refractivity contribution in [3.05, 3.63) is 61.8 Å². The first-order valence-electron chi connectivity index (χ1n) is 11.9. The largest absolute Gasteiger partial charge is 0.354 e. The number of nitrogens with one attached hydrogen (secondary N) is 1. The Hall–Kier alpha value is -2.74. The molecule has 2 aromatic heterocycles. The molecule has 0 spiro atoms. The Bertz CT molecular complexity index is 1100. The second-order valence-corrected chi connectivity index (χ2v) is 10.1. The molecular formula is C25H38N6O2. The fourth-order valence-electron chi connectivity index (χ4n) is 3.88. The summed E-state index contributed by atoms with van der Waals surface area (Å²) in [4.78, 5) is 40.4. The van der Waals surface area contributed by atoms with Gasteiger partial charge in [0.15, 0.2) is 0 Å². The Kier molecular flexibility index (Phi) is 7.89. The number of aromatic amines is 1. The van der Waals surface area contributed by atoms with Crippen molar-refractivity contribution in [3.8, 4) is 0 Å². The number of rotatable bonds is 7. The lowest BCUT2D eigenvalue weighted by Gasteiger charge is -2.35. The van der Waals surface area contributed by atoms with Gasteiger partial charge in [-0.2, -0.15) is 0 Å². The lowest BCUT2D eigenvalue weighted by Crippen LogP contribution is -2.47. The molecule has 0 bridgehead atoms. The molecule has 0 aliphatic carbocycles. The summed E-state index contributed by atoms with van der Waals surface area (Å²) in [7, 11) is 0. The molecule has 8 heteroatoms. The minimum absolute atomic E-state index is 0.0745. The van der Waals surface area contributed by atoms with Crippen molar-refractivity contribution in [2.24, 2.45) is 0 Å². The monoisotopic (exact) mass is 454 g/mol. The fourth-order valence-corrected chi connectivity index (χ4v) is 3.88. The van der Waals surface area contributed by atoms with Crippen molar-refractivity contribution in [2.45, 2.75) is 66.3 Å². The molecule has 0 aromatic carbocycles. The Morgan fingerprint density at radius 2 is 1.85 bits per heavy atom. The molecule has 1 aliphatic heterocycles. The number of aryl methyl sites for hydroxylation is 2. The van der Waals surface area contributed by atoms with E-state index < -0.39 is 0 Å². The van der Waals surface area contributed by atoms with Crippen LogP contribution in [0.4, 0.5) is 5.82 Å². The smallest absolute Gasteiger partial charge is 0.328 e. The van der Waals surface area contributed by atoms with Crippen LogP contribution in [0.25, 0.3) is 0 Å². The Morgan fingerprint density at radius 3 is 2.48 bits per heavy atom. The minimum atomic E-state index is -0.367. The van der Waals surface area contributed by atoms with Crippen molar-refractivity contribution in [1.82, 2.24) is 24.4 Å². The van der Waals surface area contributed by atoms with Gasteiger partial charge in [0.25, 0.3) is 5.56 Å². The first-order valence-corrected chi connectivity index (χ1v) is 11.9. The van der Waals surface area contributed by atoms with Crippen LogP contribution in [0.15, 0.2) is 33.5 Å². The molecule has 2 aromatic rings. The van der Waals surface area contributed by atoms with Crippen LogP contribution in [0, 0.1) is 6.92 Å². The molecule has 0 atom stereocenters. The Balaban J connectivity index is 1.61. The zero-order chi connectivity index (χ0) is 24.2. The van der Waals surface area contributed by atoms with E-state index >= 15 is 0 Å². The average Bonchev–Trinajstić information content (AvgIpc) is 2.76. The van der Waals surface area contributed by atoms with E-state index in [1.807, 2.05) is 6.92 Å². The molecule has 1 aliphatic rings. The fraction of sp³-hybridized carbons (Fsp3) is 0.600. The van der Waals surface area contributed by atoms with E-state index in [1.54, 1.807) is 17.7 Å². The van der Waals surface area contributed by atoms with Gasteiger partial charge in [-0.3, -0.25) is 19.2 Å². The van der Waals surface area contributed by atoms with Crippen molar-refractivity contribution in [2.75, 3.05) is 37.6 Å². The number of hydrogen-bond donors (Lipinski definition) is 1. The Morgan fingerprint density at radius 1 is 1.15 bits per heavy atom. The Labute approximate surface area is 196 Å². The standard InChI is InChI=1S/C25H38N6O2/c1-7-8-20-15-21(27-23(26-20)25(4,5)6)30-13-11-29(12-14-30)10-9-18(2)16-31-17-19(3)22(32)28-24(31)33/h9,15,17H,7-8,10-14,16H2,1-6H3,(H,28,32,33)/b18-9+. The van der Waals surface area contributed by atoms with Gasteiger partial charge in [0.1, 0.15) is 11.6 Å². The lowest BCUT2D eigenvalue weighted by molar-refractivity contribution is 0.282. The van der Waals surface area contributed by atoms with Crippen LogP contribution >= 0.6 is 0 Å². The molecule has 3 heterocycles. The molecule has 0 unspecified atom stereocenters. The van der Waals surface area contributed by atoms with E-state index in [0.717, 1.165) is 68.5 Å². The molecule has 1 saturated heterocycles. The molecule has 0 amide bonds. The van der Waals surface area contributed by atoms with Crippen LogP contribution in [0.5, 0.6) is 0 Å². The van der Waals surface area contributed by atoms with Gasteiger partial charge in [0.2, 0.25) is 0 Å². The van der Waals surface area contributed by atoms with Crippen molar-refractivity contribution in [1.29, 1.82) is 0 Å². The summed E-state index contributed by atoms with van der Waals surface area (Å²) in [5.74, 6) is 1.95. The first-order chi connectivity index (χ1) is 15.6. The lowest BCUT2D eigenvalue weighted by atomic mass is 9.95. The molecule has 0 saturated carbocycles. The van der Waals surface area contributed by atoms with Gasteiger partial charge in [-0.15, -0.1) is 0 Å². The van der Waals surface area contributed by atoms with E-state index in [2.05, 4.69) is 54.6 Å². The normalized spacial score (nSPS) is 15.8. The van der Waals surface area contributed by atoms with E-state index in [0.29, 0.717) is 12.1 Å². The van der Waals surface area contributed by atoms with Gasteiger partial charge in [0.05, 0.1) is 0 Å². The highest BCUT2D eigenvalue weighted by atomic mass is 16.2. The zero-order valence-electron chi connectivity index (χ0n) is 20.9. The van der Waals surface area contributed by atoms with Gasteiger partial charge in [-0.25, -0.2) is 14.8 Å². The SMILES string of the molecule is CCCc1cc(N2CCN(C/C=C(\C)Cn3cc(C)c(=O)[nH]c3=O)CC2)nc(C(C)(C)C)n1. The van der Waals surface area contributed by atoms with Crippen LogP contribution in [0.2, 0.25) is 0 Å². The predicted molar refractivity (Wildman–Crippen MR) is 133 cm³/mol. The molecule has 8 nitrogen and oxygen atoms in total. The number of hydrogen-bond acceptors (Lipinski definition) is 6. The summed E-state index contributed by atoms with van der Waals surface area (Å²) in [6, 6.07) is 2.16. The maximum Gasteiger partial charge on any atom is 0.328 e. The summed E-state index contributed by atoms with van der Waals surface area (Å²) in [6.45, 7) is 17.5. The quantitative estimate of drug-likeness (QED) is 0.647. The van der Waals surface area contributed by atoms with Crippen molar-refractivity contribution < 1.29 is 0 Å². The van der Waals surface area contributed by atoms with E-state index in [-0.39, 0.29) is 16.7 Å². The van der Waals surface area contributed by atoms with E-state index in [1.165, 1.54) is 0 Å². The summed E-state index contributed by atoms with van der Waals surface area (Å²) < 4.78 is 1.55. The zero-order valence-corrected chi connectivity index (χ0v) is 20.9. The molecule has 3 rings (SSSR count). The highest BCUT2D eigenvalue weighted by molar-refractivity contribution is 5.41. The third-order valence-corrected chi connectivity index (χ3v) is 5.95. The number of H-pyrrole nitrogens is 1. The average molecular weight is 455 g/mol. The van der Waals surface area contributed by atoms with Crippen LogP contribution in [-0.2, 0) is 18.4 Å². The second-order valence-electron chi connectivity index (χ2n) is 10.1. The number of nitrogens with zero attached hydrogens (tertiary/aromatic N) is 5. The molecular weight excluding hydrogens is 416 g/mol. The number of allylic oxidation sites excluding steroid dienone is 1. The highest BCUT2D eigenvalue weighted by Crippen LogP contribution is 2.23. The maximum absolute atomic E-state index is 12.0. The van der Waals surface area contributed by atoms with Gasteiger partial charge >= 0.3 is 5.69 Å². The van der Waals surface area contributed by atoms with Crippen LogP contribution < -0.4 is 16.1 Å². The van der Waals surface area contributed by atoms with Gasteiger partial charge in [-0.1, -0.05) is 45.8 Å². The molecule has 180 valence electrons. The first kappa shape index (κ1) is 24.9.